The molecule has 0 aliphatic rings. The van der Waals surface area contributed by atoms with E-state index in [-0.39, 0.29) is 0 Å². The summed E-state index contributed by atoms with van der Waals surface area (Å²) < 4.78 is 4.72. The molecule has 0 atom stereocenters. The van der Waals surface area contributed by atoms with Gasteiger partial charge in [-0.2, -0.15) is 4.37 Å². The highest BCUT2D eigenvalue weighted by Gasteiger charge is 2.06. The molecular weight excluding hydrogens is 252 g/mol. The quantitative estimate of drug-likeness (QED) is 0.698. The van der Waals surface area contributed by atoms with Crippen molar-refractivity contribution in [2.45, 2.75) is 6.42 Å². The summed E-state index contributed by atoms with van der Waals surface area (Å²) in [6.07, 6.45) is 0.727. The number of benzene rings is 2. The number of hydrogen-bond donors (Lipinski definition) is 0. The van der Waals surface area contributed by atoms with Crippen LogP contribution in [0.1, 0.15) is 11.4 Å². The molecule has 0 aliphatic carbocycles. The summed E-state index contributed by atoms with van der Waals surface area (Å²) in [5, 5.41) is 2.49. The molecule has 0 spiro atoms. The van der Waals surface area contributed by atoms with Gasteiger partial charge in [-0.25, -0.2) is 4.98 Å². The van der Waals surface area contributed by atoms with E-state index in [1.54, 1.807) is 0 Å². The van der Waals surface area contributed by atoms with E-state index in [1.807, 2.05) is 12.1 Å². The van der Waals surface area contributed by atoms with Crippen LogP contribution in [0.4, 0.5) is 0 Å². The van der Waals surface area contributed by atoms with Gasteiger partial charge < -0.3 is 0 Å². The lowest BCUT2D eigenvalue weighted by Crippen LogP contribution is -1.91. The molecule has 2 nitrogen and oxygen atoms in total. The first kappa shape index (κ1) is 10.7. The van der Waals surface area contributed by atoms with Gasteiger partial charge in [-0.15, -0.1) is 0 Å². The average molecular weight is 261 g/mol. The number of fused-ring (bicyclic) bond motifs is 1. The monoisotopic (exact) mass is 260 g/mol. The van der Waals surface area contributed by atoms with Crippen LogP contribution in [-0.4, -0.2) is 9.36 Å². The van der Waals surface area contributed by atoms with Crippen molar-refractivity contribution in [2.24, 2.45) is 0 Å². The summed E-state index contributed by atoms with van der Waals surface area (Å²) in [5.41, 5.74) is 1.23. The SMILES string of the molecule is Clc1nc(Cc2cccc3ccccc23)ns1. The van der Waals surface area contributed by atoms with E-state index in [1.165, 1.54) is 27.9 Å². The van der Waals surface area contributed by atoms with Crippen LogP contribution < -0.4 is 0 Å². The molecule has 0 saturated carbocycles. The summed E-state index contributed by atoms with van der Waals surface area (Å²) in [6, 6.07) is 14.6. The van der Waals surface area contributed by atoms with E-state index < -0.39 is 0 Å². The molecule has 0 fully saturated rings. The van der Waals surface area contributed by atoms with Crippen molar-refractivity contribution < 1.29 is 0 Å². The Hall–Kier alpha value is -1.45. The third-order valence-electron chi connectivity index (χ3n) is 2.67. The van der Waals surface area contributed by atoms with Gasteiger partial charge in [0.05, 0.1) is 0 Å². The number of aromatic nitrogens is 2. The largest absolute Gasteiger partial charge is 0.208 e. The van der Waals surface area contributed by atoms with Gasteiger partial charge in [0.2, 0.25) is 4.47 Å². The topological polar surface area (TPSA) is 25.8 Å². The Morgan fingerprint density at radius 3 is 2.71 bits per heavy atom. The molecule has 2 aromatic carbocycles. The molecule has 4 heteroatoms. The molecule has 0 aliphatic heterocycles. The normalized spacial score (nSPS) is 10.9. The van der Waals surface area contributed by atoms with Crippen LogP contribution >= 0.6 is 23.1 Å². The Morgan fingerprint density at radius 2 is 1.88 bits per heavy atom. The maximum Gasteiger partial charge on any atom is 0.203 e. The second-order valence-electron chi connectivity index (χ2n) is 3.78. The van der Waals surface area contributed by atoms with Crippen molar-refractivity contribution in [2.75, 3.05) is 0 Å². The van der Waals surface area contributed by atoms with E-state index in [4.69, 9.17) is 11.6 Å². The van der Waals surface area contributed by atoms with Crippen LogP contribution in [0.2, 0.25) is 4.47 Å². The Labute approximate surface area is 108 Å². The van der Waals surface area contributed by atoms with Gasteiger partial charge in [-0.1, -0.05) is 42.5 Å². The molecule has 0 N–H and O–H groups in total. The molecule has 0 unspecified atom stereocenters. The molecule has 3 aromatic rings. The van der Waals surface area contributed by atoms with Gasteiger partial charge in [-0.3, -0.25) is 0 Å². The fourth-order valence-corrected chi connectivity index (χ4v) is 2.55. The van der Waals surface area contributed by atoms with Crippen molar-refractivity contribution in [3.8, 4) is 0 Å². The van der Waals surface area contributed by atoms with E-state index in [9.17, 15) is 0 Å². The molecule has 84 valence electrons. The Bertz CT molecular complexity index is 658. The minimum Gasteiger partial charge on any atom is -0.208 e. The lowest BCUT2D eigenvalue weighted by Gasteiger charge is -2.03. The smallest absolute Gasteiger partial charge is 0.203 e. The summed E-state index contributed by atoms with van der Waals surface area (Å²) in [7, 11) is 0. The molecule has 1 heterocycles. The van der Waals surface area contributed by atoms with Gasteiger partial charge in [0, 0.05) is 6.42 Å². The fourth-order valence-electron chi connectivity index (χ4n) is 1.92. The van der Waals surface area contributed by atoms with E-state index >= 15 is 0 Å². The number of rotatable bonds is 2. The highest BCUT2D eigenvalue weighted by molar-refractivity contribution is 7.10. The summed E-state index contributed by atoms with van der Waals surface area (Å²) >= 11 is 7.02. The van der Waals surface area contributed by atoms with Crippen molar-refractivity contribution in [1.82, 2.24) is 9.36 Å². The van der Waals surface area contributed by atoms with Gasteiger partial charge >= 0.3 is 0 Å². The molecule has 1 aromatic heterocycles. The van der Waals surface area contributed by atoms with Crippen LogP contribution in [0.5, 0.6) is 0 Å². The molecular formula is C13H9ClN2S. The van der Waals surface area contributed by atoms with Crippen molar-refractivity contribution in [1.29, 1.82) is 0 Å². The second kappa shape index (κ2) is 4.43. The maximum absolute atomic E-state index is 5.79. The minimum absolute atomic E-state index is 0.500. The maximum atomic E-state index is 5.79. The van der Waals surface area contributed by atoms with E-state index in [2.05, 4.69) is 39.7 Å². The number of hydrogen-bond acceptors (Lipinski definition) is 3. The highest BCUT2D eigenvalue weighted by Crippen LogP contribution is 2.21. The first-order valence-corrected chi connectivity index (χ1v) is 6.43. The van der Waals surface area contributed by atoms with Crippen LogP contribution in [0.25, 0.3) is 10.8 Å². The van der Waals surface area contributed by atoms with Gasteiger partial charge in [0.25, 0.3) is 0 Å². The van der Waals surface area contributed by atoms with Gasteiger partial charge in [-0.05, 0) is 39.5 Å². The highest BCUT2D eigenvalue weighted by atomic mass is 35.5. The minimum atomic E-state index is 0.500. The number of halogens is 1. The third-order valence-corrected chi connectivity index (χ3v) is 3.51. The Kier molecular flexibility index (Phi) is 2.79. The number of nitrogens with zero attached hydrogens (tertiary/aromatic N) is 2. The summed E-state index contributed by atoms with van der Waals surface area (Å²) in [5.74, 6) is 0.788. The summed E-state index contributed by atoms with van der Waals surface area (Å²) in [4.78, 5) is 4.19. The second-order valence-corrected chi connectivity index (χ2v) is 5.11. The molecule has 17 heavy (non-hydrogen) atoms. The van der Waals surface area contributed by atoms with Crippen LogP contribution in [0.15, 0.2) is 42.5 Å². The van der Waals surface area contributed by atoms with Crippen molar-refractivity contribution in [3.63, 3.8) is 0 Å². The van der Waals surface area contributed by atoms with Gasteiger partial charge in [0.15, 0.2) is 0 Å². The van der Waals surface area contributed by atoms with Crippen LogP contribution in [-0.2, 0) is 6.42 Å². The fraction of sp³-hybridized carbons (Fsp3) is 0.0769. The van der Waals surface area contributed by atoms with Crippen molar-refractivity contribution in [3.05, 3.63) is 58.3 Å². The predicted molar refractivity (Wildman–Crippen MR) is 71.7 cm³/mol. The predicted octanol–water partition coefficient (Wildman–Crippen LogP) is 3.94. The standard InChI is InChI=1S/C13H9ClN2S/c14-13-15-12(16-17-13)8-10-6-3-5-9-4-1-2-7-11(9)10/h1-7H,8H2. The zero-order valence-electron chi connectivity index (χ0n) is 8.93. The first-order chi connectivity index (χ1) is 8.33. The zero-order valence-corrected chi connectivity index (χ0v) is 10.5. The molecule has 0 bridgehead atoms. The van der Waals surface area contributed by atoms with E-state index in [0.29, 0.717) is 4.47 Å². The first-order valence-electron chi connectivity index (χ1n) is 5.27. The average Bonchev–Trinajstić information content (AvgIpc) is 2.75. The molecule has 0 radical (unpaired) electrons. The lowest BCUT2D eigenvalue weighted by atomic mass is 10.0. The third kappa shape index (κ3) is 2.16. The van der Waals surface area contributed by atoms with Crippen LogP contribution in [0, 0.1) is 0 Å². The molecule has 0 amide bonds. The lowest BCUT2D eigenvalue weighted by molar-refractivity contribution is 1.05. The molecule has 3 rings (SSSR count). The Morgan fingerprint density at radius 1 is 1.06 bits per heavy atom. The molecule has 0 saturated heterocycles. The summed E-state index contributed by atoms with van der Waals surface area (Å²) in [6.45, 7) is 0. The Balaban J connectivity index is 2.05. The van der Waals surface area contributed by atoms with Gasteiger partial charge in [0.1, 0.15) is 5.82 Å². The zero-order chi connectivity index (χ0) is 11.7. The van der Waals surface area contributed by atoms with Crippen molar-refractivity contribution >= 4 is 33.9 Å². The van der Waals surface area contributed by atoms with Crippen LogP contribution in [0.3, 0.4) is 0 Å². The van der Waals surface area contributed by atoms with E-state index in [0.717, 1.165) is 12.2 Å².